The molecule has 112 valence electrons. The van der Waals surface area contributed by atoms with E-state index in [4.69, 9.17) is 5.26 Å². The van der Waals surface area contributed by atoms with Gasteiger partial charge in [-0.25, -0.2) is 0 Å². The second-order valence-corrected chi connectivity index (χ2v) is 4.70. The average molecular weight is 290 g/mol. The van der Waals surface area contributed by atoms with Crippen LogP contribution in [0.25, 0.3) is 0 Å². The highest BCUT2D eigenvalue weighted by Crippen LogP contribution is 2.29. The largest absolute Gasteiger partial charge is 0.379 e. The minimum atomic E-state index is -0.521. The summed E-state index contributed by atoms with van der Waals surface area (Å²) in [6.07, 6.45) is 0. The van der Waals surface area contributed by atoms with Gasteiger partial charge in [0.05, 0.1) is 22.5 Å². The standard InChI is InChI=1S/C14H18N4O3/c1-4-16-13-11(6-5-7-12(13)18(20)21)14(19)17(3)9-10(2)8-15/h5-7,10,16H,4,9H2,1-3H3. The van der Waals surface area contributed by atoms with E-state index in [1.54, 1.807) is 27.0 Å². The lowest BCUT2D eigenvalue weighted by Crippen LogP contribution is -2.31. The van der Waals surface area contributed by atoms with Crippen LogP contribution >= 0.6 is 0 Å². The molecule has 1 unspecified atom stereocenters. The van der Waals surface area contributed by atoms with Crippen LogP contribution in [-0.4, -0.2) is 35.9 Å². The quantitative estimate of drug-likeness (QED) is 0.640. The first-order chi connectivity index (χ1) is 9.92. The predicted octanol–water partition coefficient (Wildman–Crippen LogP) is 2.26. The molecular weight excluding hydrogens is 272 g/mol. The topological polar surface area (TPSA) is 99.3 Å². The molecule has 7 nitrogen and oxygen atoms in total. The van der Waals surface area contributed by atoms with Crippen molar-refractivity contribution in [3.05, 3.63) is 33.9 Å². The van der Waals surface area contributed by atoms with Gasteiger partial charge in [-0.15, -0.1) is 0 Å². The first kappa shape index (κ1) is 16.4. The molecule has 0 heterocycles. The maximum absolute atomic E-state index is 12.4. The third kappa shape index (κ3) is 3.92. The predicted molar refractivity (Wildman–Crippen MR) is 79.0 cm³/mol. The number of nitro groups is 1. The molecule has 1 N–H and O–H groups in total. The molecule has 0 aliphatic rings. The van der Waals surface area contributed by atoms with Gasteiger partial charge in [-0.05, 0) is 19.9 Å². The number of carbonyl (C=O) groups excluding carboxylic acids is 1. The molecule has 7 heteroatoms. The van der Waals surface area contributed by atoms with Crippen molar-refractivity contribution in [3.8, 4) is 6.07 Å². The summed E-state index contributed by atoms with van der Waals surface area (Å²) in [7, 11) is 1.57. The molecule has 1 aromatic rings. The van der Waals surface area contributed by atoms with Gasteiger partial charge in [-0.2, -0.15) is 5.26 Å². The van der Waals surface area contributed by atoms with E-state index in [-0.39, 0.29) is 35.3 Å². The molecule has 0 aliphatic carbocycles. The van der Waals surface area contributed by atoms with Crippen molar-refractivity contribution in [2.75, 3.05) is 25.5 Å². The van der Waals surface area contributed by atoms with Gasteiger partial charge in [0.25, 0.3) is 11.6 Å². The lowest BCUT2D eigenvalue weighted by molar-refractivity contribution is -0.384. The summed E-state index contributed by atoms with van der Waals surface area (Å²) in [5.41, 5.74) is 0.314. The van der Waals surface area contributed by atoms with Crippen LogP contribution in [0.1, 0.15) is 24.2 Å². The van der Waals surface area contributed by atoms with E-state index in [0.29, 0.717) is 6.54 Å². The van der Waals surface area contributed by atoms with Gasteiger partial charge in [-0.3, -0.25) is 14.9 Å². The summed E-state index contributed by atoms with van der Waals surface area (Å²) in [5, 5.41) is 22.7. The fourth-order valence-corrected chi connectivity index (χ4v) is 1.97. The van der Waals surface area contributed by atoms with E-state index >= 15 is 0 Å². The fourth-order valence-electron chi connectivity index (χ4n) is 1.97. The van der Waals surface area contributed by atoms with Crippen molar-refractivity contribution in [2.45, 2.75) is 13.8 Å². The van der Waals surface area contributed by atoms with Crippen LogP contribution in [0.4, 0.5) is 11.4 Å². The summed E-state index contributed by atoms with van der Waals surface area (Å²) in [6.45, 7) is 4.24. The van der Waals surface area contributed by atoms with Gasteiger partial charge >= 0.3 is 0 Å². The highest BCUT2D eigenvalue weighted by molar-refractivity contribution is 6.01. The lowest BCUT2D eigenvalue weighted by atomic mass is 10.1. The zero-order valence-electron chi connectivity index (χ0n) is 12.3. The Balaban J connectivity index is 3.17. The first-order valence-corrected chi connectivity index (χ1v) is 6.58. The van der Waals surface area contributed by atoms with Crippen molar-refractivity contribution in [1.82, 2.24) is 4.90 Å². The minimum absolute atomic E-state index is 0.135. The van der Waals surface area contributed by atoms with E-state index in [1.807, 2.05) is 0 Å². The van der Waals surface area contributed by atoms with Crippen LogP contribution in [-0.2, 0) is 0 Å². The van der Waals surface area contributed by atoms with E-state index in [2.05, 4.69) is 11.4 Å². The van der Waals surface area contributed by atoms with E-state index in [1.165, 1.54) is 17.0 Å². The van der Waals surface area contributed by atoms with Crippen molar-refractivity contribution in [2.24, 2.45) is 5.92 Å². The second-order valence-electron chi connectivity index (χ2n) is 4.70. The molecule has 0 aliphatic heterocycles. The molecule has 21 heavy (non-hydrogen) atoms. The summed E-state index contributed by atoms with van der Waals surface area (Å²) < 4.78 is 0. The zero-order valence-corrected chi connectivity index (χ0v) is 12.3. The number of benzene rings is 1. The molecule has 1 rings (SSSR count). The van der Waals surface area contributed by atoms with Crippen molar-refractivity contribution >= 4 is 17.3 Å². The van der Waals surface area contributed by atoms with E-state index in [0.717, 1.165) is 0 Å². The Kier molecular flexibility index (Phi) is 5.67. The summed E-state index contributed by atoms with van der Waals surface area (Å²) >= 11 is 0. The van der Waals surface area contributed by atoms with Gasteiger partial charge < -0.3 is 10.2 Å². The Labute approximate surface area is 123 Å². The number of hydrogen-bond acceptors (Lipinski definition) is 5. The molecule has 0 bridgehead atoms. The molecule has 0 saturated heterocycles. The Hall–Kier alpha value is -2.62. The normalized spacial score (nSPS) is 11.3. The number of nitro benzene ring substituents is 1. The van der Waals surface area contributed by atoms with Crippen molar-refractivity contribution in [1.29, 1.82) is 5.26 Å². The third-order valence-corrected chi connectivity index (χ3v) is 2.94. The number of para-hydroxylation sites is 1. The number of nitrogens with zero attached hydrogens (tertiary/aromatic N) is 3. The molecule has 1 aromatic carbocycles. The Morgan fingerprint density at radius 2 is 2.24 bits per heavy atom. The van der Waals surface area contributed by atoms with Crippen LogP contribution < -0.4 is 5.32 Å². The van der Waals surface area contributed by atoms with Gasteiger partial charge in [0.1, 0.15) is 5.69 Å². The highest BCUT2D eigenvalue weighted by atomic mass is 16.6. The number of rotatable bonds is 6. The number of anilines is 1. The van der Waals surface area contributed by atoms with Crippen LogP contribution in [0.5, 0.6) is 0 Å². The highest BCUT2D eigenvalue weighted by Gasteiger charge is 2.23. The first-order valence-electron chi connectivity index (χ1n) is 6.58. The average Bonchev–Trinajstić information content (AvgIpc) is 2.46. The molecular formula is C14H18N4O3. The summed E-state index contributed by atoms with van der Waals surface area (Å²) in [5.74, 6) is -0.656. The number of nitriles is 1. The van der Waals surface area contributed by atoms with Crippen molar-refractivity contribution in [3.63, 3.8) is 0 Å². The van der Waals surface area contributed by atoms with Crippen LogP contribution in [0.3, 0.4) is 0 Å². The van der Waals surface area contributed by atoms with Crippen LogP contribution in [0, 0.1) is 27.4 Å². The second kappa shape index (κ2) is 7.24. The molecule has 0 spiro atoms. The van der Waals surface area contributed by atoms with E-state index in [9.17, 15) is 14.9 Å². The van der Waals surface area contributed by atoms with Gasteiger partial charge in [0.2, 0.25) is 0 Å². The fraction of sp³-hybridized carbons (Fsp3) is 0.429. The molecule has 1 amide bonds. The maximum atomic E-state index is 12.4. The summed E-state index contributed by atoms with van der Waals surface area (Å²) in [4.78, 5) is 24.4. The van der Waals surface area contributed by atoms with Crippen LogP contribution in [0.2, 0.25) is 0 Å². The minimum Gasteiger partial charge on any atom is -0.379 e. The van der Waals surface area contributed by atoms with Crippen molar-refractivity contribution < 1.29 is 9.72 Å². The van der Waals surface area contributed by atoms with E-state index < -0.39 is 4.92 Å². The smallest absolute Gasteiger partial charge is 0.293 e. The Morgan fingerprint density at radius 3 is 2.76 bits per heavy atom. The molecule has 0 saturated carbocycles. The van der Waals surface area contributed by atoms with Crippen LogP contribution in [0.15, 0.2) is 18.2 Å². The SMILES string of the molecule is CCNc1c(C(=O)N(C)CC(C)C#N)cccc1[N+](=O)[O-]. The zero-order chi connectivity index (χ0) is 16.0. The Bertz CT molecular complexity index is 580. The van der Waals surface area contributed by atoms with Gasteiger partial charge in [0, 0.05) is 26.2 Å². The maximum Gasteiger partial charge on any atom is 0.293 e. The number of amides is 1. The lowest BCUT2D eigenvalue weighted by Gasteiger charge is -2.20. The molecule has 0 aromatic heterocycles. The van der Waals surface area contributed by atoms with Gasteiger partial charge in [0.15, 0.2) is 0 Å². The Morgan fingerprint density at radius 1 is 1.57 bits per heavy atom. The number of nitrogens with one attached hydrogen (secondary N) is 1. The molecule has 0 fully saturated rings. The van der Waals surface area contributed by atoms with Gasteiger partial charge in [-0.1, -0.05) is 6.07 Å². The number of hydrogen-bond donors (Lipinski definition) is 1. The molecule has 0 radical (unpaired) electrons. The molecule has 1 atom stereocenters. The monoisotopic (exact) mass is 290 g/mol. The third-order valence-electron chi connectivity index (χ3n) is 2.94. The summed E-state index contributed by atoms with van der Waals surface area (Å²) in [6, 6.07) is 6.43. The number of carbonyl (C=O) groups is 1.